The standard InChI is InChI=1S/C25H21ClF2N4O3/c26-18-4-6-20-21(13-18)32(24(35)31(20)15-16-2-1-3-17(12-16)23(33)34)19-5-7-22(29-14-19)30-10-8-25(27,28)9-11-30/h1-7,12-14H,8-11,15H2,(H,33,34). The van der Waals surface area contributed by atoms with E-state index in [1.54, 1.807) is 58.1 Å². The SMILES string of the molecule is O=C(O)c1cccc(Cn2c(=O)n(-c3ccc(N4CCC(F)(F)CC4)nc3)c3cc(Cl)ccc32)c1. The molecule has 1 N–H and O–H groups in total. The van der Waals surface area contributed by atoms with Gasteiger partial charge in [0, 0.05) is 31.0 Å². The average Bonchev–Trinajstić information content (AvgIpc) is 3.09. The Morgan fingerprint density at radius 2 is 1.83 bits per heavy atom. The van der Waals surface area contributed by atoms with Crippen molar-refractivity contribution in [3.63, 3.8) is 0 Å². The van der Waals surface area contributed by atoms with Crippen molar-refractivity contribution in [3.8, 4) is 5.69 Å². The lowest BCUT2D eigenvalue weighted by Crippen LogP contribution is -2.39. The third kappa shape index (κ3) is 4.51. The molecule has 0 unspecified atom stereocenters. The normalized spacial score (nSPS) is 15.5. The maximum absolute atomic E-state index is 13.5. The minimum Gasteiger partial charge on any atom is -0.478 e. The van der Waals surface area contributed by atoms with Crippen LogP contribution in [0.2, 0.25) is 5.02 Å². The Morgan fingerprint density at radius 3 is 2.51 bits per heavy atom. The van der Waals surface area contributed by atoms with Crippen LogP contribution in [0.25, 0.3) is 16.7 Å². The van der Waals surface area contributed by atoms with Gasteiger partial charge in [0.05, 0.1) is 35.0 Å². The zero-order valence-corrected chi connectivity index (χ0v) is 19.3. The van der Waals surface area contributed by atoms with E-state index in [0.29, 0.717) is 33.1 Å². The molecular weight excluding hydrogens is 478 g/mol. The van der Waals surface area contributed by atoms with Crippen molar-refractivity contribution in [1.82, 2.24) is 14.1 Å². The van der Waals surface area contributed by atoms with Crippen LogP contribution in [-0.4, -0.2) is 44.2 Å². The number of aromatic nitrogens is 3. The largest absolute Gasteiger partial charge is 0.478 e. The molecule has 0 spiro atoms. The summed E-state index contributed by atoms with van der Waals surface area (Å²) in [6, 6.07) is 15.0. The molecule has 0 radical (unpaired) electrons. The number of carbonyl (C=O) groups is 1. The van der Waals surface area contributed by atoms with Gasteiger partial charge in [0.1, 0.15) is 5.82 Å². The highest BCUT2D eigenvalue weighted by Gasteiger charge is 2.34. The third-order valence-electron chi connectivity index (χ3n) is 6.22. The Labute approximate surface area is 203 Å². The van der Waals surface area contributed by atoms with Crippen molar-refractivity contribution in [2.24, 2.45) is 0 Å². The van der Waals surface area contributed by atoms with Gasteiger partial charge < -0.3 is 10.0 Å². The number of pyridine rings is 1. The van der Waals surface area contributed by atoms with Crippen LogP contribution in [0.5, 0.6) is 0 Å². The molecule has 3 heterocycles. The summed E-state index contributed by atoms with van der Waals surface area (Å²) in [5, 5.41) is 9.75. The van der Waals surface area contributed by atoms with Gasteiger partial charge in [-0.05, 0) is 48.0 Å². The number of fused-ring (bicyclic) bond motifs is 1. The number of imidazole rings is 1. The summed E-state index contributed by atoms with van der Waals surface area (Å²) < 4.78 is 30.0. The Morgan fingerprint density at radius 1 is 1.06 bits per heavy atom. The lowest BCUT2D eigenvalue weighted by molar-refractivity contribution is -0.0221. The van der Waals surface area contributed by atoms with Crippen molar-refractivity contribution in [1.29, 1.82) is 0 Å². The van der Waals surface area contributed by atoms with Crippen LogP contribution in [0.4, 0.5) is 14.6 Å². The van der Waals surface area contributed by atoms with E-state index in [1.165, 1.54) is 16.7 Å². The number of hydrogen-bond donors (Lipinski definition) is 1. The van der Waals surface area contributed by atoms with Gasteiger partial charge in [-0.25, -0.2) is 23.4 Å². The number of benzene rings is 2. The highest BCUT2D eigenvalue weighted by atomic mass is 35.5. The molecule has 0 atom stereocenters. The van der Waals surface area contributed by atoms with Crippen molar-refractivity contribution >= 4 is 34.4 Å². The number of anilines is 1. The predicted molar refractivity (Wildman–Crippen MR) is 129 cm³/mol. The minimum absolute atomic E-state index is 0.137. The first-order chi connectivity index (χ1) is 16.7. The number of alkyl halides is 2. The first-order valence-corrected chi connectivity index (χ1v) is 11.4. The summed E-state index contributed by atoms with van der Waals surface area (Å²) in [4.78, 5) is 31.1. The third-order valence-corrected chi connectivity index (χ3v) is 6.45. The molecule has 1 saturated heterocycles. The van der Waals surface area contributed by atoms with Gasteiger partial charge in [0.25, 0.3) is 5.92 Å². The molecular formula is C25H21ClF2N4O3. The summed E-state index contributed by atoms with van der Waals surface area (Å²) in [7, 11) is 0. The maximum Gasteiger partial charge on any atom is 0.335 e. The number of rotatable bonds is 5. The van der Waals surface area contributed by atoms with E-state index in [2.05, 4.69) is 4.98 Å². The molecule has 180 valence electrons. The predicted octanol–water partition coefficient (Wildman–Crippen LogP) is 4.82. The summed E-state index contributed by atoms with van der Waals surface area (Å²) in [6.07, 6.45) is 1.11. The van der Waals surface area contributed by atoms with Gasteiger partial charge >= 0.3 is 11.7 Å². The van der Waals surface area contributed by atoms with E-state index in [1.807, 2.05) is 0 Å². The summed E-state index contributed by atoms with van der Waals surface area (Å²) in [5.41, 5.74) is 2.17. The molecule has 2 aromatic heterocycles. The van der Waals surface area contributed by atoms with Crippen LogP contribution in [-0.2, 0) is 6.54 Å². The molecule has 0 aliphatic carbocycles. The topological polar surface area (TPSA) is 80.4 Å². The molecule has 0 saturated carbocycles. The second kappa shape index (κ2) is 8.81. The fourth-order valence-corrected chi connectivity index (χ4v) is 4.55. The van der Waals surface area contributed by atoms with Gasteiger partial charge in [-0.1, -0.05) is 23.7 Å². The Bertz CT molecular complexity index is 1470. The van der Waals surface area contributed by atoms with Crippen LogP contribution in [0.15, 0.2) is 65.6 Å². The lowest BCUT2D eigenvalue weighted by atomic mass is 10.1. The van der Waals surface area contributed by atoms with E-state index in [0.717, 1.165) is 0 Å². The zero-order valence-electron chi connectivity index (χ0n) is 18.5. The molecule has 35 heavy (non-hydrogen) atoms. The molecule has 1 aliphatic rings. The average molecular weight is 499 g/mol. The highest BCUT2D eigenvalue weighted by Crippen LogP contribution is 2.30. The Kier molecular flexibility index (Phi) is 5.80. The van der Waals surface area contributed by atoms with Crippen LogP contribution < -0.4 is 10.6 Å². The van der Waals surface area contributed by atoms with Crippen molar-refractivity contribution in [3.05, 3.63) is 87.4 Å². The van der Waals surface area contributed by atoms with Crippen molar-refractivity contribution < 1.29 is 18.7 Å². The van der Waals surface area contributed by atoms with Crippen LogP contribution >= 0.6 is 11.6 Å². The van der Waals surface area contributed by atoms with E-state index >= 15 is 0 Å². The first-order valence-electron chi connectivity index (χ1n) is 11.0. The number of carboxylic acid groups (broad SMARTS) is 1. The number of hydrogen-bond acceptors (Lipinski definition) is 4. The quantitative estimate of drug-likeness (QED) is 0.426. The zero-order chi connectivity index (χ0) is 24.7. The summed E-state index contributed by atoms with van der Waals surface area (Å²) >= 11 is 6.23. The van der Waals surface area contributed by atoms with Gasteiger partial charge in [0.2, 0.25) is 0 Å². The number of nitrogens with zero attached hydrogens (tertiary/aromatic N) is 4. The molecule has 4 aromatic rings. The Balaban J connectivity index is 1.53. The molecule has 0 amide bonds. The summed E-state index contributed by atoms with van der Waals surface area (Å²) in [5.74, 6) is -3.11. The first kappa shape index (κ1) is 23.0. The van der Waals surface area contributed by atoms with Gasteiger partial charge in [-0.15, -0.1) is 0 Å². The monoisotopic (exact) mass is 498 g/mol. The van der Waals surface area contributed by atoms with Crippen LogP contribution in [0, 0.1) is 0 Å². The van der Waals surface area contributed by atoms with Crippen LogP contribution in [0.1, 0.15) is 28.8 Å². The molecule has 1 aliphatic heterocycles. The molecule has 5 rings (SSSR count). The fraction of sp³-hybridized carbons (Fsp3) is 0.240. The van der Waals surface area contributed by atoms with E-state index in [-0.39, 0.29) is 43.7 Å². The van der Waals surface area contributed by atoms with E-state index < -0.39 is 11.9 Å². The fourth-order valence-electron chi connectivity index (χ4n) is 4.38. The summed E-state index contributed by atoms with van der Waals surface area (Å²) in [6.45, 7) is 0.589. The van der Waals surface area contributed by atoms with Crippen LogP contribution in [0.3, 0.4) is 0 Å². The van der Waals surface area contributed by atoms with E-state index in [4.69, 9.17) is 11.6 Å². The minimum atomic E-state index is -2.64. The van der Waals surface area contributed by atoms with Crippen molar-refractivity contribution in [2.45, 2.75) is 25.3 Å². The van der Waals surface area contributed by atoms with Crippen molar-refractivity contribution in [2.75, 3.05) is 18.0 Å². The van der Waals surface area contributed by atoms with Gasteiger partial charge in [-0.3, -0.25) is 9.13 Å². The molecule has 0 bridgehead atoms. The molecule has 7 nitrogen and oxygen atoms in total. The lowest BCUT2D eigenvalue weighted by Gasteiger charge is -2.32. The van der Waals surface area contributed by atoms with Gasteiger partial charge in [0.15, 0.2) is 0 Å². The maximum atomic E-state index is 13.5. The number of aromatic carboxylic acids is 1. The second-order valence-electron chi connectivity index (χ2n) is 8.56. The smallest absolute Gasteiger partial charge is 0.335 e. The molecule has 2 aromatic carbocycles. The molecule has 10 heteroatoms. The number of piperidine rings is 1. The van der Waals surface area contributed by atoms with E-state index in [9.17, 15) is 23.5 Å². The molecule has 1 fully saturated rings. The highest BCUT2D eigenvalue weighted by molar-refractivity contribution is 6.31. The number of carboxylic acids is 1. The second-order valence-corrected chi connectivity index (χ2v) is 9.00. The Hall–Kier alpha value is -3.72. The number of halogens is 3. The van der Waals surface area contributed by atoms with Gasteiger partial charge in [-0.2, -0.15) is 0 Å².